The average Bonchev–Trinajstić information content (AvgIpc) is 2.37. The molecule has 1 unspecified atom stereocenters. The van der Waals surface area contributed by atoms with Crippen molar-refractivity contribution in [1.29, 1.82) is 0 Å². The highest BCUT2D eigenvalue weighted by Crippen LogP contribution is 2.15. The van der Waals surface area contributed by atoms with Crippen LogP contribution in [-0.4, -0.2) is 46.8 Å². The number of aromatic nitrogens is 2. The van der Waals surface area contributed by atoms with Gasteiger partial charge in [-0.3, -0.25) is 9.59 Å². The summed E-state index contributed by atoms with van der Waals surface area (Å²) in [5, 5.41) is 8.78. The fourth-order valence-electron chi connectivity index (χ4n) is 2.07. The number of aromatic amines is 1. The molecule has 1 aliphatic rings. The van der Waals surface area contributed by atoms with E-state index in [-0.39, 0.29) is 18.1 Å². The zero-order chi connectivity index (χ0) is 13.8. The Labute approximate surface area is 110 Å². The number of carboxylic acid groups (broad SMARTS) is 1. The van der Waals surface area contributed by atoms with Crippen LogP contribution in [0.4, 0.5) is 5.82 Å². The van der Waals surface area contributed by atoms with Gasteiger partial charge in [0.2, 0.25) is 0 Å². The zero-order valence-corrected chi connectivity index (χ0v) is 10.8. The molecule has 1 saturated heterocycles. The molecule has 7 nitrogen and oxygen atoms in total. The number of anilines is 1. The van der Waals surface area contributed by atoms with Crippen molar-refractivity contribution in [2.75, 3.05) is 24.6 Å². The monoisotopic (exact) mass is 267 g/mol. The second-order valence-electron chi connectivity index (χ2n) is 4.44. The highest BCUT2D eigenvalue weighted by atomic mass is 16.5. The van der Waals surface area contributed by atoms with Gasteiger partial charge in [-0.2, -0.15) is 0 Å². The van der Waals surface area contributed by atoms with Gasteiger partial charge in [-0.15, -0.1) is 0 Å². The van der Waals surface area contributed by atoms with Gasteiger partial charge in [-0.1, -0.05) is 6.92 Å². The molecular formula is C12H17N3O4. The largest absolute Gasteiger partial charge is 0.481 e. The molecule has 2 N–H and O–H groups in total. The van der Waals surface area contributed by atoms with E-state index in [4.69, 9.17) is 9.84 Å². The Morgan fingerprint density at radius 1 is 1.68 bits per heavy atom. The Morgan fingerprint density at radius 3 is 3.16 bits per heavy atom. The lowest BCUT2D eigenvalue weighted by Crippen LogP contribution is -2.44. The van der Waals surface area contributed by atoms with E-state index in [2.05, 4.69) is 9.97 Å². The maximum atomic E-state index is 11.5. The van der Waals surface area contributed by atoms with E-state index >= 15 is 0 Å². The quantitative estimate of drug-likeness (QED) is 0.798. The third-order valence-corrected chi connectivity index (χ3v) is 2.98. The number of carbonyl (C=O) groups is 1. The summed E-state index contributed by atoms with van der Waals surface area (Å²) in [4.78, 5) is 31.1. The lowest BCUT2D eigenvalue weighted by molar-refractivity contribution is -0.140. The molecule has 0 saturated carbocycles. The van der Waals surface area contributed by atoms with Gasteiger partial charge in [-0.25, -0.2) is 4.98 Å². The number of ether oxygens (including phenoxy) is 1. The fourth-order valence-corrected chi connectivity index (χ4v) is 2.07. The molecule has 1 atom stereocenters. The molecule has 1 fully saturated rings. The van der Waals surface area contributed by atoms with Crippen LogP contribution in [0.5, 0.6) is 0 Å². The van der Waals surface area contributed by atoms with Gasteiger partial charge in [0.05, 0.1) is 19.1 Å². The van der Waals surface area contributed by atoms with E-state index in [1.807, 2.05) is 11.8 Å². The van der Waals surface area contributed by atoms with Gasteiger partial charge in [0.25, 0.3) is 5.56 Å². The zero-order valence-electron chi connectivity index (χ0n) is 10.8. The second-order valence-corrected chi connectivity index (χ2v) is 4.44. The molecule has 0 aromatic carbocycles. The number of morpholine rings is 1. The summed E-state index contributed by atoms with van der Waals surface area (Å²) in [7, 11) is 0. The third-order valence-electron chi connectivity index (χ3n) is 2.98. The van der Waals surface area contributed by atoms with Crippen LogP contribution in [0.25, 0.3) is 0 Å². The van der Waals surface area contributed by atoms with E-state index in [9.17, 15) is 9.59 Å². The predicted molar refractivity (Wildman–Crippen MR) is 68.4 cm³/mol. The van der Waals surface area contributed by atoms with E-state index < -0.39 is 5.97 Å². The normalized spacial score (nSPS) is 19.4. The van der Waals surface area contributed by atoms with Crippen molar-refractivity contribution >= 4 is 11.8 Å². The minimum absolute atomic E-state index is 0.0413. The van der Waals surface area contributed by atoms with Crippen LogP contribution < -0.4 is 10.5 Å². The van der Waals surface area contributed by atoms with E-state index in [1.165, 1.54) is 6.07 Å². The molecular weight excluding hydrogens is 250 g/mol. The number of hydrogen-bond acceptors (Lipinski definition) is 5. The van der Waals surface area contributed by atoms with Gasteiger partial charge >= 0.3 is 5.97 Å². The van der Waals surface area contributed by atoms with Gasteiger partial charge in [0, 0.05) is 25.6 Å². The highest BCUT2D eigenvalue weighted by molar-refractivity contribution is 5.67. The number of rotatable bonds is 4. The van der Waals surface area contributed by atoms with Crippen LogP contribution in [0.3, 0.4) is 0 Å². The summed E-state index contributed by atoms with van der Waals surface area (Å²) in [6, 6.07) is 1.43. The predicted octanol–water partition coefficient (Wildman–Crippen LogP) is 0.0122. The van der Waals surface area contributed by atoms with Crippen molar-refractivity contribution in [3.63, 3.8) is 0 Å². The first kappa shape index (κ1) is 13.5. The number of aliphatic carboxylic acids is 1. The van der Waals surface area contributed by atoms with Gasteiger partial charge in [0.1, 0.15) is 11.6 Å². The van der Waals surface area contributed by atoms with Crippen molar-refractivity contribution in [3.05, 3.63) is 22.2 Å². The second kappa shape index (κ2) is 5.83. The van der Waals surface area contributed by atoms with Crippen LogP contribution in [-0.2, 0) is 16.0 Å². The van der Waals surface area contributed by atoms with Crippen molar-refractivity contribution < 1.29 is 14.6 Å². The average molecular weight is 267 g/mol. The molecule has 1 aromatic rings. The van der Waals surface area contributed by atoms with E-state index in [0.717, 1.165) is 0 Å². The molecule has 19 heavy (non-hydrogen) atoms. The molecule has 0 amide bonds. The Morgan fingerprint density at radius 2 is 2.47 bits per heavy atom. The summed E-state index contributed by atoms with van der Waals surface area (Å²) < 4.78 is 5.39. The minimum Gasteiger partial charge on any atom is -0.481 e. The van der Waals surface area contributed by atoms with Gasteiger partial charge in [-0.05, 0) is 0 Å². The number of H-pyrrole nitrogens is 1. The number of nitrogens with one attached hydrogen (secondary N) is 1. The Kier molecular flexibility index (Phi) is 4.16. The number of carboxylic acids is 1. The first-order valence-electron chi connectivity index (χ1n) is 6.27. The molecule has 2 rings (SSSR count). The maximum absolute atomic E-state index is 11.5. The molecule has 2 heterocycles. The van der Waals surface area contributed by atoms with Crippen LogP contribution in [0.15, 0.2) is 10.9 Å². The van der Waals surface area contributed by atoms with Crippen LogP contribution in [0.1, 0.15) is 19.2 Å². The van der Waals surface area contributed by atoms with Crippen molar-refractivity contribution in [1.82, 2.24) is 9.97 Å². The van der Waals surface area contributed by atoms with Crippen LogP contribution in [0, 0.1) is 0 Å². The third kappa shape index (κ3) is 3.54. The van der Waals surface area contributed by atoms with Crippen molar-refractivity contribution in [3.8, 4) is 0 Å². The summed E-state index contributed by atoms with van der Waals surface area (Å²) >= 11 is 0. The fraction of sp³-hybridized carbons (Fsp3) is 0.583. The molecule has 104 valence electrons. The SMILES string of the molecule is CCc1nc(N2CCOC(CC(=O)O)C2)cc(=O)[nH]1. The first-order valence-corrected chi connectivity index (χ1v) is 6.27. The van der Waals surface area contributed by atoms with Crippen molar-refractivity contribution in [2.45, 2.75) is 25.9 Å². The summed E-state index contributed by atoms with van der Waals surface area (Å²) in [6.45, 7) is 3.39. The topological polar surface area (TPSA) is 95.5 Å². The van der Waals surface area contributed by atoms with Crippen LogP contribution >= 0.6 is 0 Å². The molecule has 1 aromatic heterocycles. The van der Waals surface area contributed by atoms with E-state index in [0.29, 0.717) is 37.8 Å². The smallest absolute Gasteiger partial charge is 0.306 e. The van der Waals surface area contributed by atoms with E-state index in [1.54, 1.807) is 0 Å². The summed E-state index contributed by atoms with van der Waals surface area (Å²) in [5.41, 5.74) is -0.192. The lowest BCUT2D eigenvalue weighted by atomic mass is 10.2. The molecule has 0 bridgehead atoms. The molecule has 7 heteroatoms. The minimum atomic E-state index is -0.889. The Balaban J connectivity index is 2.14. The highest BCUT2D eigenvalue weighted by Gasteiger charge is 2.24. The standard InChI is InChI=1S/C12H17N3O4/c1-2-9-13-10(6-11(16)14-9)15-3-4-19-8(7-15)5-12(17)18/h6,8H,2-5,7H2,1H3,(H,17,18)(H,13,14,16). The Hall–Kier alpha value is -1.89. The summed E-state index contributed by atoms with van der Waals surface area (Å²) in [5.74, 6) is 0.322. The molecule has 0 aliphatic carbocycles. The first-order chi connectivity index (χ1) is 9.08. The Bertz CT molecular complexity index is 514. The lowest BCUT2D eigenvalue weighted by Gasteiger charge is -2.33. The maximum Gasteiger partial charge on any atom is 0.306 e. The number of hydrogen-bond donors (Lipinski definition) is 2. The summed E-state index contributed by atoms with van der Waals surface area (Å²) in [6.07, 6.45) is 0.240. The molecule has 1 aliphatic heterocycles. The molecule has 0 radical (unpaired) electrons. The number of nitrogens with zero attached hydrogens (tertiary/aromatic N) is 2. The van der Waals surface area contributed by atoms with Crippen molar-refractivity contribution in [2.24, 2.45) is 0 Å². The molecule has 0 spiro atoms. The van der Waals surface area contributed by atoms with Gasteiger partial charge < -0.3 is 19.7 Å². The van der Waals surface area contributed by atoms with Crippen LogP contribution in [0.2, 0.25) is 0 Å². The number of aryl methyl sites for hydroxylation is 1. The van der Waals surface area contributed by atoms with Gasteiger partial charge in [0.15, 0.2) is 0 Å².